The smallest absolute Gasteiger partial charge is 0.359 e. The van der Waals surface area contributed by atoms with Crippen LogP contribution in [0.1, 0.15) is 9.75 Å². The van der Waals surface area contributed by atoms with Gasteiger partial charge in [0, 0.05) is 0 Å². The molecule has 2 N–H and O–H groups in total. The number of nitrogens with zero attached hydrogens (tertiary/aromatic N) is 1. The number of fused-ring (bicyclic) bond motifs is 1. The Morgan fingerprint density at radius 1 is 1.61 bits per heavy atom. The van der Waals surface area contributed by atoms with Gasteiger partial charge in [0.2, 0.25) is 0 Å². The predicted molar refractivity (Wildman–Crippen MR) is 60.9 cm³/mol. The molecule has 2 heterocycles. The van der Waals surface area contributed by atoms with Gasteiger partial charge in [0.1, 0.15) is 15.8 Å². The molecule has 1 aromatic heterocycles. The van der Waals surface area contributed by atoms with Crippen LogP contribution in [-0.2, 0) is 19.6 Å². The number of esters is 1. The summed E-state index contributed by atoms with van der Waals surface area (Å²) in [5.74, 6) is -1.55. The molecule has 0 spiro atoms. The predicted octanol–water partition coefficient (Wildman–Crippen LogP) is 0.311. The van der Waals surface area contributed by atoms with Crippen LogP contribution in [0, 0.1) is 11.3 Å². The van der Waals surface area contributed by atoms with Crippen molar-refractivity contribution in [1.29, 1.82) is 5.26 Å². The molecule has 0 saturated carbocycles. The maximum atomic E-state index is 11.8. The highest BCUT2D eigenvalue weighted by Gasteiger charge is 2.35. The SMILES string of the molecule is COC(=O)C1=C(O)c2sc(C#N)cc2S(=O)(=O)N1. The number of sulfonamides is 1. The Hall–Kier alpha value is -2.05. The largest absolute Gasteiger partial charge is 0.504 e. The Bertz CT molecular complexity index is 708. The van der Waals surface area contributed by atoms with E-state index in [1.807, 2.05) is 4.72 Å². The summed E-state index contributed by atoms with van der Waals surface area (Å²) in [4.78, 5) is 11.2. The third kappa shape index (κ3) is 1.71. The first-order chi connectivity index (χ1) is 8.40. The van der Waals surface area contributed by atoms with Crippen LogP contribution >= 0.6 is 11.3 Å². The van der Waals surface area contributed by atoms with Crippen LogP contribution in [0.2, 0.25) is 0 Å². The topological polar surface area (TPSA) is 116 Å². The van der Waals surface area contributed by atoms with Crippen LogP contribution in [0.4, 0.5) is 0 Å². The molecular formula is C9H6N2O5S2. The van der Waals surface area contributed by atoms with Gasteiger partial charge >= 0.3 is 5.97 Å². The monoisotopic (exact) mass is 286 g/mol. The molecule has 0 bridgehead atoms. The van der Waals surface area contributed by atoms with E-state index >= 15 is 0 Å². The van der Waals surface area contributed by atoms with Gasteiger partial charge in [-0.2, -0.15) is 5.26 Å². The van der Waals surface area contributed by atoms with Gasteiger partial charge in [-0.15, -0.1) is 11.3 Å². The first-order valence-electron chi connectivity index (χ1n) is 4.49. The molecule has 9 heteroatoms. The molecule has 18 heavy (non-hydrogen) atoms. The van der Waals surface area contributed by atoms with Crippen LogP contribution in [0.3, 0.4) is 0 Å². The lowest BCUT2D eigenvalue weighted by molar-refractivity contribution is -0.136. The first kappa shape index (κ1) is 12.4. The molecule has 0 atom stereocenters. The summed E-state index contributed by atoms with van der Waals surface area (Å²) >= 11 is 0.781. The van der Waals surface area contributed by atoms with Crippen LogP contribution in [0.25, 0.3) is 5.76 Å². The van der Waals surface area contributed by atoms with Gasteiger partial charge in [0.05, 0.1) is 12.0 Å². The normalized spacial score (nSPS) is 16.4. The van der Waals surface area contributed by atoms with Crippen molar-refractivity contribution >= 4 is 33.1 Å². The summed E-state index contributed by atoms with van der Waals surface area (Å²) in [5, 5.41) is 18.5. The highest BCUT2D eigenvalue weighted by Crippen LogP contribution is 2.35. The fourth-order valence-corrected chi connectivity index (χ4v) is 3.89. The van der Waals surface area contributed by atoms with Gasteiger partial charge in [0.25, 0.3) is 10.0 Å². The van der Waals surface area contributed by atoms with Crippen molar-refractivity contribution in [3.8, 4) is 6.07 Å². The molecule has 0 radical (unpaired) electrons. The van der Waals surface area contributed by atoms with E-state index in [9.17, 15) is 18.3 Å². The number of nitrogens with one attached hydrogen (secondary N) is 1. The zero-order valence-corrected chi connectivity index (χ0v) is 10.6. The van der Waals surface area contributed by atoms with Gasteiger partial charge in [-0.1, -0.05) is 0 Å². The van der Waals surface area contributed by atoms with Crippen molar-refractivity contribution in [3.63, 3.8) is 0 Å². The van der Waals surface area contributed by atoms with Crippen molar-refractivity contribution in [2.45, 2.75) is 4.90 Å². The number of carbonyl (C=O) groups excluding carboxylic acids is 1. The Morgan fingerprint density at radius 3 is 2.83 bits per heavy atom. The highest BCUT2D eigenvalue weighted by molar-refractivity contribution is 7.90. The number of aliphatic hydroxyl groups is 1. The molecule has 1 aliphatic rings. The van der Waals surface area contributed by atoms with Crippen molar-refractivity contribution in [2.75, 3.05) is 7.11 Å². The second kappa shape index (κ2) is 4.01. The van der Waals surface area contributed by atoms with E-state index in [-0.39, 0.29) is 14.6 Å². The molecule has 2 rings (SSSR count). The zero-order valence-electron chi connectivity index (χ0n) is 8.92. The minimum absolute atomic E-state index is 0.0503. The Morgan fingerprint density at radius 2 is 2.28 bits per heavy atom. The van der Waals surface area contributed by atoms with E-state index in [1.165, 1.54) is 0 Å². The Kier molecular flexibility index (Phi) is 2.76. The number of hydrogen-bond donors (Lipinski definition) is 2. The molecule has 0 saturated heterocycles. The van der Waals surface area contributed by atoms with Crippen LogP contribution < -0.4 is 4.72 Å². The average molecular weight is 286 g/mol. The standard InChI is InChI=1S/C9H6N2O5S2/c1-16-9(13)6-7(12)8-5(18(14,15)11-6)2-4(3-10)17-8/h2,11-12H,1H3. The number of aliphatic hydroxyl groups excluding tert-OH is 1. The maximum Gasteiger partial charge on any atom is 0.359 e. The molecular weight excluding hydrogens is 280 g/mol. The number of methoxy groups -OCH3 is 1. The summed E-state index contributed by atoms with van der Waals surface area (Å²) < 4.78 is 29.9. The second-order valence-electron chi connectivity index (χ2n) is 3.24. The lowest BCUT2D eigenvalue weighted by atomic mass is 10.3. The molecule has 0 aromatic carbocycles. The van der Waals surface area contributed by atoms with Gasteiger partial charge in [-0.05, 0) is 6.07 Å². The summed E-state index contributed by atoms with van der Waals surface area (Å²) in [6.07, 6.45) is 0. The quantitative estimate of drug-likeness (QED) is 0.718. The van der Waals surface area contributed by atoms with Gasteiger partial charge in [-0.25, -0.2) is 13.2 Å². The average Bonchev–Trinajstić information content (AvgIpc) is 2.78. The summed E-state index contributed by atoms with van der Waals surface area (Å²) in [5.41, 5.74) is -0.559. The van der Waals surface area contributed by atoms with Gasteiger partial charge in [-0.3, -0.25) is 4.72 Å². The molecule has 0 aliphatic carbocycles. The fraction of sp³-hybridized carbons (Fsp3) is 0.111. The Balaban J connectivity index is 2.73. The molecule has 0 amide bonds. The van der Waals surface area contributed by atoms with E-state index in [0.717, 1.165) is 24.5 Å². The van der Waals surface area contributed by atoms with E-state index in [4.69, 9.17) is 5.26 Å². The molecule has 94 valence electrons. The third-order valence-corrected chi connectivity index (χ3v) is 4.73. The van der Waals surface area contributed by atoms with Crippen molar-refractivity contribution < 1.29 is 23.1 Å². The summed E-state index contributed by atoms with van der Waals surface area (Å²) in [6, 6.07) is 2.91. The first-order valence-corrected chi connectivity index (χ1v) is 6.79. The summed E-state index contributed by atoms with van der Waals surface area (Å²) in [6.45, 7) is 0. The van der Waals surface area contributed by atoms with Crippen LogP contribution in [0.15, 0.2) is 16.7 Å². The van der Waals surface area contributed by atoms with Crippen LogP contribution in [0.5, 0.6) is 0 Å². The third-order valence-electron chi connectivity index (χ3n) is 2.18. The van der Waals surface area contributed by atoms with E-state index in [2.05, 4.69) is 4.74 Å². The van der Waals surface area contributed by atoms with E-state index in [1.54, 1.807) is 6.07 Å². The zero-order chi connectivity index (χ0) is 13.5. The lowest BCUT2D eigenvalue weighted by Gasteiger charge is -2.16. The van der Waals surface area contributed by atoms with Crippen molar-refractivity contribution in [2.24, 2.45) is 0 Å². The molecule has 1 aromatic rings. The number of nitriles is 1. The van der Waals surface area contributed by atoms with Gasteiger partial charge in [0.15, 0.2) is 11.5 Å². The second-order valence-corrected chi connectivity index (χ2v) is 5.94. The van der Waals surface area contributed by atoms with Gasteiger partial charge < -0.3 is 9.84 Å². The molecule has 1 aliphatic heterocycles. The van der Waals surface area contributed by atoms with Crippen LogP contribution in [-0.4, -0.2) is 26.6 Å². The fourth-order valence-electron chi connectivity index (χ4n) is 1.39. The Labute approximate surface area is 106 Å². The number of hydrogen-bond acceptors (Lipinski definition) is 7. The number of carbonyl (C=O) groups is 1. The van der Waals surface area contributed by atoms with Crippen molar-refractivity contribution in [3.05, 3.63) is 21.5 Å². The number of rotatable bonds is 1. The lowest BCUT2D eigenvalue weighted by Crippen LogP contribution is -2.32. The van der Waals surface area contributed by atoms with E-state index in [0.29, 0.717) is 0 Å². The molecule has 7 nitrogen and oxygen atoms in total. The molecule has 0 fully saturated rings. The number of ether oxygens (including phenoxy) is 1. The maximum absolute atomic E-state index is 11.8. The molecule has 0 unspecified atom stereocenters. The minimum Gasteiger partial charge on any atom is -0.504 e. The van der Waals surface area contributed by atoms with E-state index < -0.39 is 27.4 Å². The summed E-state index contributed by atoms with van der Waals surface area (Å²) in [7, 11) is -2.92. The van der Waals surface area contributed by atoms with Crippen molar-refractivity contribution in [1.82, 2.24) is 4.72 Å². The number of thiophene rings is 1. The minimum atomic E-state index is -3.98. The highest BCUT2D eigenvalue weighted by atomic mass is 32.2.